The van der Waals surface area contributed by atoms with Crippen LogP contribution >= 0.6 is 0 Å². The van der Waals surface area contributed by atoms with Crippen LogP contribution in [0.3, 0.4) is 0 Å². The van der Waals surface area contributed by atoms with Gasteiger partial charge in [0, 0.05) is 5.56 Å². The standard InChI is InChI=1S/C52H47N3O/c1-6-9-18-36(7-2)50-53-51(40-21-14-11-15-22-40)55-52(54-50)48-34(4)25-32-47-49(48)45(46(8-3)56-47)33-35(5)37-26-28-39(29-27-37)42-31-30-41(38-19-12-10-13-20-38)43-23-16-17-24-44(42)43/h3,6-7,9-33,45-46,50-55H,2H2,1,4-5H3/b9-6-,35-33+,36-18+. The number of aryl methyl sites for hydroxylation is 1. The van der Waals surface area contributed by atoms with Gasteiger partial charge in [-0.3, -0.25) is 16.0 Å². The summed E-state index contributed by atoms with van der Waals surface area (Å²) in [6.45, 7) is 10.5. The average Bonchev–Trinajstić information content (AvgIpc) is 3.60. The van der Waals surface area contributed by atoms with Gasteiger partial charge in [-0.2, -0.15) is 0 Å². The van der Waals surface area contributed by atoms with Crippen molar-refractivity contribution in [3.05, 3.63) is 204 Å². The van der Waals surface area contributed by atoms with Crippen molar-refractivity contribution >= 4 is 16.3 Å². The molecule has 0 amide bonds. The first-order chi connectivity index (χ1) is 27.5. The minimum Gasteiger partial charge on any atom is -0.476 e. The normalized spacial score (nSPS) is 21.1. The molecule has 2 heterocycles. The van der Waals surface area contributed by atoms with Crippen molar-refractivity contribution in [2.24, 2.45) is 0 Å². The Hall–Kier alpha value is -6.22. The number of fused-ring (bicyclic) bond motifs is 2. The molecular weight excluding hydrogens is 683 g/mol. The zero-order valence-electron chi connectivity index (χ0n) is 32.2. The second kappa shape index (κ2) is 16.3. The van der Waals surface area contributed by atoms with E-state index in [9.17, 15) is 0 Å². The Balaban J connectivity index is 1.14. The Bertz CT molecular complexity index is 2510. The third kappa shape index (κ3) is 7.17. The molecule has 0 aliphatic carbocycles. The van der Waals surface area contributed by atoms with Gasteiger partial charge in [0.25, 0.3) is 0 Å². The zero-order chi connectivity index (χ0) is 38.6. The Morgan fingerprint density at radius 1 is 0.714 bits per heavy atom. The van der Waals surface area contributed by atoms with Crippen LogP contribution in [0.4, 0.5) is 0 Å². The van der Waals surface area contributed by atoms with Crippen LogP contribution in [-0.4, -0.2) is 12.3 Å². The Morgan fingerprint density at radius 2 is 1.34 bits per heavy atom. The SMILES string of the molecule is C#CC1Oc2ccc(C)c(C3NC(/C(C=C)=C/C=C\C)NC(c4ccccc4)N3)c2C1/C=C(\C)c1ccc(-c2ccc(-c3ccccc3)c3ccccc23)cc1. The largest absolute Gasteiger partial charge is 0.476 e. The monoisotopic (exact) mass is 729 g/mol. The molecule has 0 saturated carbocycles. The molecule has 4 heteroatoms. The molecule has 4 nitrogen and oxygen atoms in total. The van der Waals surface area contributed by atoms with E-state index < -0.39 is 6.10 Å². The summed E-state index contributed by atoms with van der Waals surface area (Å²) >= 11 is 0. The lowest BCUT2D eigenvalue weighted by Crippen LogP contribution is -2.59. The minimum atomic E-state index is -0.435. The molecule has 56 heavy (non-hydrogen) atoms. The molecular formula is C52H47N3O. The fourth-order valence-corrected chi connectivity index (χ4v) is 8.25. The molecule has 8 rings (SSSR count). The smallest absolute Gasteiger partial charge is 0.169 e. The maximum absolute atomic E-state index is 6.52. The fourth-order valence-electron chi connectivity index (χ4n) is 8.25. The second-order valence-electron chi connectivity index (χ2n) is 14.5. The maximum Gasteiger partial charge on any atom is 0.169 e. The van der Waals surface area contributed by atoms with E-state index in [2.05, 4.69) is 182 Å². The topological polar surface area (TPSA) is 45.3 Å². The molecule has 2 aliphatic rings. The van der Waals surface area contributed by atoms with E-state index in [-0.39, 0.29) is 24.4 Å². The van der Waals surface area contributed by atoms with E-state index in [0.29, 0.717) is 0 Å². The van der Waals surface area contributed by atoms with Crippen LogP contribution < -0.4 is 20.7 Å². The summed E-state index contributed by atoms with van der Waals surface area (Å²) in [5, 5.41) is 14.0. The van der Waals surface area contributed by atoms with Gasteiger partial charge >= 0.3 is 0 Å². The van der Waals surface area contributed by atoms with E-state index in [1.165, 1.54) is 33.0 Å². The van der Waals surface area contributed by atoms with Crippen LogP contribution in [0.2, 0.25) is 0 Å². The number of nitrogens with one attached hydrogen (secondary N) is 3. The summed E-state index contributed by atoms with van der Waals surface area (Å²) in [6, 6.07) is 47.4. The molecule has 2 aliphatic heterocycles. The van der Waals surface area contributed by atoms with E-state index >= 15 is 0 Å². The summed E-state index contributed by atoms with van der Waals surface area (Å²) in [5.41, 5.74) is 12.8. The summed E-state index contributed by atoms with van der Waals surface area (Å²) in [5.74, 6) is 3.65. The second-order valence-corrected chi connectivity index (χ2v) is 14.5. The highest BCUT2D eigenvalue weighted by Gasteiger charge is 2.39. The van der Waals surface area contributed by atoms with Gasteiger partial charge < -0.3 is 4.74 Å². The molecule has 5 unspecified atom stereocenters. The van der Waals surface area contributed by atoms with Gasteiger partial charge in [-0.25, -0.2) is 0 Å². The number of hydrogen-bond acceptors (Lipinski definition) is 4. The number of rotatable bonds is 9. The summed E-state index contributed by atoms with van der Waals surface area (Å²) in [6.07, 6.45) is 15.7. The van der Waals surface area contributed by atoms with Gasteiger partial charge in [-0.1, -0.05) is 170 Å². The minimum absolute atomic E-state index is 0.122. The van der Waals surface area contributed by atoms with Crippen LogP contribution in [0, 0.1) is 19.3 Å². The lowest BCUT2D eigenvalue weighted by Gasteiger charge is -2.41. The molecule has 1 saturated heterocycles. The van der Waals surface area contributed by atoms with E-state index in [1.54, 1.807) is 0 Å². The molecule has 0 spiro atoms. The lowest BCUT2D eigenvalue weighted by molar-refractivity contribution is 0.223. The van der Waals surface area contributed by atoms with E-state index in [0.717, 1.165) is 44.7 Å². The van der Waals surface area contributed by atoms with Gasteiger partial charge in [0.05, 0.1) is 24.4 Å². The highest BCUT2D eigenvalue weighted by molar-refractivity contribution is 6.05. The molecule has 1 fully saturated rings. The van der Waals surface area contributed by atoms with Crippen LogP contribution in [0.15, 0.2) is 176 Å². The van der Waals surface area contributed by atoms with E-state index in [1.807, 2.05) is 31.2 Å². The summed E-state index contributed by atoms with van der Waals surface area (Å²) in [4.78, 5) is 0. The van der Waals surface area contributed by atoms with Crippen molar-refractivity contribution in [1.29, 1.82) is 0 Å². The first-order valence-electron chi connectivity index (χ1n) is 19.4. The summed E-state index contributed by atoms with van der Waals surface area (Å²) < 4.78 is 6.52. The number of benzene rings is 6. The van der Waals surface area contributed by atoms with Gasteiger partial charge in [0.1, 0.15) is 5.75 Å². The number of hydrogen-bond donors (Lipinski definition) is 3. The lowest BCUT2D eigenvalue weighted by atomic mass is 9.85. The highest BCUT2D eigenvalue weighted by atomic mass is 16.5. The Morgan fingerprint density at radius 3 is 1.98 bits per heavy atom. The van der Waals surface area contributed by atoms with Crippen LogP contribution in [-0.2, 0) is 0 Å². The van der Waals surface area contributed by atoms with E-state index in [4.69, 9.17) is 11.2 Å². The molecule has 0 radical (unpaired) electrons. The predicted octanol–water partition coefficient (Wildman–Crippen LogP) is 11.6. The zero-order valence-corrected chi connectivity index (χ0v) is 32.2. The van der Waals surface area contributed by atoms with Crippen molar-refractivity contribution in [2.45, 2.75) is 51.3 Å². The van der Waals surface area contributed by atoms with Gasteiger partial charge in [-0.05, 0) is 93.3 Å². The molecule has 5 atom stereocenters. The van der Waals surface area contributed by atoms with Crippen LogP contribution in [0.1, 0.15) is 59.9 Å². The van der Waals surface area contributed by atoms with Gasteiger partial charge in [-0.15, -0.1) is 6.42 Å². The molecule has 6 aromatic rings. The van der Waals surface area contributed by atoms with Crippen molar-refractivity contribution < 1.29 is 4.74 Å². The fraction of sp³-hybridized carbons (Fsp3) is 0.154. The molecule has 276 valence electrons. The summed E-state index contributed by atoms with van der Waals surface area (Å²) in [7, 11) is 0. The number of ether oxygens (including phenoxy) is 1. The van der Waals surface area contributed by atoms with Crippen molar-refractivity contribution in [2.75, 3.05) is 0 Å². The van der Waals surface area contributed by atoms with Crippen LogP contribution in [0.25, 0.3) is 38.6 Å². The first-order valence-corrected chi connectivity index (χ1v) is 19.4. The molecule has 6 aromatic carbocycles. The molecule has 0 aromatic heterocycles. The van der Waals surface area contributed by atoms with Gasteiger partial charge in [0.15, 0.2) is 6.10 Å². The molecule has 3 N–H and O–H groups in total. The van der Waals surface area contributed by atoms with Crippen LogP contribution in [0.5, 0.6) is 5.75 Å². The third-order valence-electron chi connectivity index (χ3n) is 11.1. The number of allylic oxidation sites excluding steroid dienone is 4. The van der Waals surface area contributed by atoms with Crippen molar-refractivity contribution in [3.8, 4) is 40.3 Å². The third-order valence-corrected chi connectivity index (χ3v) is 11.1. The van der Waals surface area contributed by atoms with Gasteiger partial charge in [0.2, 0.25) is 0 Å². The Kier molecular flexibility index (Phi) is 10.7. The first kappa shape index (κ1) is 36.7. The average molecular weight is 730 g/mol. The molecule has 0 bridgehead atoms. The number of terminal acetylenes is 1. The highest BCUT2D eigenvalue weighted by Crippen LogP contribution is 2.46. The predicted molar refractivity (Wildman–Crippen MR) is 234 cm³/mol. The van der Waals surface area contributed by atoms with Crippen molar-refractivity contribution in [1.82, 2.24) is 16.0 Å². The maximum atomic E-state index is 6.52. The van der Waals surface area contributed by atoms with Crippen molar-refractivity contribution in [3.63, 3.8) is 0 Å². The quantitative estimate of drug-likeness (QED) is 0.102. The Labute approximate surface area is 331 Å².